The number of benzene rings is 1. The van der Waals surface area contributed by atoms with E-state index in [9.17, 15) is 9.59 Å². The van der Waals surface area contributed by atoms with E-state index in [2.05, 4.69) is 0 Å². The van der Waals surface area contributed by atoms with Gasteiger partial charge in [-0.1, -0.05) is 30.3 Å². The zero-order chi connectivity index (χ0) is 12.5. The maximum absolute atomic E-state index is 12.1. The second-order valence-corrected chi connectivity index (χ2v) is 4.91. The molecule has 2 fully saturated rings. The van der Waals surface area contributed by atoms with Crippen LogP contribution in [0.25, 0.3) is 0 Å². The molecule has 4 nitrogen and oxygen atoms in total. The van der Waals surface area contributed by atoms with Crippen molar-refractivity contribution < 1.29 is 14.3 Å². The molecule has 0 bridgehead atoms. The number of nitrogens with zero attached hydrogens (tertiary/aromatic N) is 1. The Bertz CT molecular complexity index is 467. The Kier molecular flexibility index (Phi) is 2.78. The Morgan fingerprint density at radius 2 is 2.00 bits per heavy atom. The van der Waals surface area contributed by atoms with Gasteiger partial charge < -0.3 is 4.74 Å². The van der Waals surface area contributed by atoms with Crippen LogP contribution >= 0.6 is 0 Å². The maximum atomic E-state index is 12.1. The average molecular weight is 245 g/mol. The molecular formula is C14H15NO3. The summed E-state index contributed by atoms with van der Waals surface area (Å²) in [6.07, 6.45) is 2.17. The second kappa shape index (κ2) is 4.44. The highest BCUT2D eigenvalue weighted by Crippen LogP contribution is 2.35. The minimum Gasteiger partial charge on any atom is -0.446 e. The van der Waals surface area contributed by atoms with E-state index < -0.39 is 6.09 Å². The summed E-state index contributed by atoms with van der Waals surface area (Å²) < 4.78 is 5.02. The monoisotopic (exact) mass is 245 g/mol. The minimum atomic E-state index is -0.505. The number of carbonyl (C=O) groups is 2. The van der Waals surface area contributed by atoms with Crippen LogP contribution in [0.1, 0.15) is 30.9 Å². The molecule has 2 amide bonds. The van der Waals surface area contributed by atoms with Crippen LogP contribution in [-0.4, -0.2) is 23.5 Å². The molecule has 1 heterocycles. The predicted octanol–water partition coefficient (Wildman–Crippen LogP) is 2.51. The molecule has 1 saturated heterocycles. The lowest BCUT2D eigenvalue weighted by molar-refractivity contribution is -0.129. The van der Waals surface area contributed by atoms with Crippen LogP contribution in [0.2, 0.25) is 0 Å². The molecule has 1 aliphatic heterocycles. The molecule has 0 radical (unpaired) electrons. The number of cyclic esters (lactones) is 1. The summed E-state index contributed by atoms with van der Waals surface area (Å²) in [4.78, 5) is 25.1. The molecule has 1 atom stereocenters. The number of ether oxygens (including phenoxy) is 1. The van der Waals surface area contributed by atoms with Crippen LogP contribution in [0.15, 0.2) is 30.3 Å². The van der Waals surface area contributed by atoms with Gasteiger partial charge in [-0.25, -0.2) is 9.69 Å². The van der Waals surface area contributed by atoms with Gasteiger partial charge in [0.15, 0.2) is 0 Å². The zero-order valence-electron chi connectivity index (χ0n) is 10.0. The van der Waals surface area contributed by atoms with Gasteiger partial charge in [-0.3, -0.25) is 4.79 Å². The van der Waals surface area contributed by atoms with Crippen LogP contribution in [-0.2, 0) is 9.53 Å². The zero-order valence-corrected chi connectivity index (χ0v) is 10.0. The van der Waals surface area contributed by atoms with Crippen molar-refractivity contribution in [3.63, 3.8) is 0 Å². The number of rotatable bonds is 3. The Hall–Kier alpha value is -1.84. The molecule has 94 valence electrons. The smallest absolute Gasteiger partial charge is 0.417 e. The fraction of sp³-hybridized carbons (Fsp3) is 0.429. The van der Waals surface area contributed by atoms with Crippen molar-refractivity contribution in [3.05, 3.63) is 35.9 Å². The Morgan fingerprint density at radius 3 is 2.67 bits per heavy atom. The van der Waals surface area contributed by atoms with Crippen molar-refractivity contribution in [1.29, 1.82) is 0 Å². The third-order valence-electron chi connectivity index (χ3n) is 3.49. The number of carbonyl (C=O) groups excluding carboxylic acids is 2. The van der Waals surface area contributed by atoms with E-state index in [0.29, 0.717) is 12.3 Å². The standard InChI is InChI=1S/C14H15NO3/c16-13(8-10-6-7-10)15-12(9-18-14(15)17)11-4-2-1-3-5-11/h1-5,10,12H,6-9H2/t12-/m1/s1. The van der Waals surface area contributed by atoms with Gasteiger partial charge in [0.1, 0.15) is 12.6 Å². The molecule has 0 aromatic heterocycles. The highest BCUT2D eigenvalue weighted by atomic mass is 16.6. The summed E-state index contributed by atoms with van der Waals surface area (Å²) in [5.74, 6) is 0.371. The maximum Gasteiger partial charge on any atom is 0.417 e. The van der Waals surface area contributed by atoms with E-state index in [4.69, 9.17) is 4.74 Å². The van der Waals surface area contributed by atoms with Gasteiger partial charge in [-0.05, 0) is 24.3 Å². The van der Waals surface area contributed by atoms with Gasteiger partial charge in [-0.15, -0.1) is 0 Å². The summed E-state index contributed by atoms with van der Waals surface area (Å²) in [5, 5.41) is 0. The molecule has 0 N–H and O–H groups in total. The molecule has 1 aromatic carbocycles. The van der Waals surface area contributed by atoms with Crippen molar-refractivity contribution in [2.24, 2.45) is 5.92 Å². The molecule has 0 spiro atoms. The van der Waals surface area contributed by atoms with Crippen LogP contribution in [0, 0.1) is 5.92 Å². The molecule has 3 rings (SSSR count). The predicted molar refractivity (Wildman–Crippen MR) is 64.7 cm³/mol. The van der Waals surface area contributed by atoms with Gasteiger partial charge in [0.2, 0.25) is 5.91 Å². The Balaban J connectivity index is 1.80. The van der Waals surface area contributed by atoms with Crippen LogP contribution < -0.4 is 0 Å². The van der Waals surface area contributed by atoms with E-state index in [1.165, 1.54) is 4.90 Å². The summed E-state index contributed by atoms with van der Waals surface area (Å²) in [7, 11) is 0. The minimum absolute atomic E-state index is 0.103. The molecule has 18 heavy (non-hydrogen) atoms. The third-order valence-corrected chi connectivity index (χ3v) is 3.49. The lowest BCUT2D eigenvalue weighted by atomic mass is 10.1. The number of hydrogen-bond acceptors (Lipinski definition) is 3. The average Bonchev–Trinajstić information content (AvgIpc) is 3.10. The second-order valence-electron chi connectivity index (χ2n) is 4.91. The molecule has 1 aromatic rings. The largest absolute Gasteiger partial charge is 0.446 e. The Labute approximate surface area is 106 Å². The molecule has 0 unspecified atom stereocenters. The van der Waals surface area contributed by atoms with Gasteiger partial charge >= 0.3 is 6.09 Å². The quantitative estimate of drug-likeness (QED) is 0.822. The van der Waals surface area contributed by atoms with Gasteiger partial charge in [0, 0.05) is 6.42 Å². The molecule has 2 aliphatic rings. The van der Waals surface area contributed by atoms with Gasteiger partial charge in [0.05, 0.1) is 0 Å². The molecule has 1 saturated carbocycles. The van der Waals surface area contributed by atoms with Crippen molar-refractivity contribution in [1.82, 2.24) is 4.90 Å². The SMILES string of the molecule is O=C(CC1CC1)N1C(=O)OC[C@@H]1c1ccccc1. The van der Waals surface area contributed by atoms with E-state index in [-0.39, 0.29) is 18.6 Å². The Morgan fingerprint density at radius 1 is 1.28 bits per heavy atom. The highest BCUT2D eigenvalue weighted by Gasteiger charge is 2.40. The summed E-state index contributed by atoms with van der Waals surface area (Å²) in [6.45, 7) is 0.263. The molecule has 4 heteroatoms. The number of imide groups is 1. The fourth-order valence-corrected chi connectivity index (χ4v) is 2.28. The summed E-state index contributed by atoms with van der Waals surface area (Å²) >= 11 is 0. The summed E-state index contributed by atoms with van der Waals surface area (Å²) in [5.41, 5.74) is 0.951. The van der Waals surface area contributed by atoms with Crippen molar-refractivity contribution in [2.45, 2.75) is 25.3 Å². The van der Waals surface area contributed by atoms with Gasteiger partial charge in [0.25, 0.3) is 0 Å². The normalized spacial score (nSPS) is 23.0. The summed E-state index contributed by atoms with van der Waals surface area (Å²) in [6, 6.07) is 9.31. The molecular weight excluding hydrogens is 230 g/mol. The van der Waals surface area contributed by atoms with E-state index in [0.717, 1.165) is 18.4 Å². The van der Waals surface area contributed by atoms with Crippen molar-refractivity contribution >= 4 is 12.0 Å². The van der Waals surface area contributed by atoms with Crippen molar-refractivity contribution in [2.75, 3.05) is 6.61 Å². The fourth-order valence-electron chi connectivity index (χ4n) is 2.28. The van der Waals surface area contributed by atoms with E-state index >= 15 is 0 Å². The van der Waals surface area contributed by atoms with Crippen molar-refractivity contribution in [3.8, 4) is 0 Å². The third kappa shape index (κ3) is 2.10. The first-order valence-electron chi connectivity index (χ1n) is 6.29. The van der Waals surface area contributed by atoms with E-state index in [1.54, 1.807) is 0 Å². The highest BCUT2D eigenvalue weighted by molar-refractivity contribution is 5.93. The first-order valence-corrected chi connectivity index (χ1v) is 6.29. The number of hydrogen-bond donors (Lipinski definition) is 0. The number of amides is 2. The van der Waals surface area contributed by atoms with E-state index in [1.807, 2.05) is 30.3 Å². The first-order chi connectivity index (χ1) is 8.75. The first kappa shape index (κ1) is 11.3. The van der Waals surface area contributed by atoms with Crippen LogP contribution in [0.3, 0.4) is 0 Å². The topological polar surface area (TPSA) is 46.6 Å². The van der Waals surface area contributed by atoms with Crippen LogP contribution in [0.4, 0.5) is 4.79 Å². The van der Waals surface area contributed by atoms with Gasteiger partial charge in [-0.2, -0.15) is 0 Å². The lowest BCUT2D eigenvalue weighted by Crippen LogP contribution is -2.34. The molecule has 1 aliphatic carbocycles. The van der Waals surface area contributed by atoms with Crippen LogP contribution in [0.5, 0.6) is 0 Å². The lowest BCUT2D eigenvalue weighted by Gasteiger charge is -2.19.